The van der Waals surface area contributed by atoms with Crippen molar-refractivity contribution in [3.05, 3.63) is 175 Å². The van der Waals surface area contributed by atoms with Crippen LogP contribution in [0.15, 0.2) is 169 Å². The Bertz CT molecular complexity index is 1520. The Morgan fingerprint density at radius 1 is 0.561 bits per heavy atom. The maximum absolute atomic E-state index is 3.96. The summed E-state index contributed by atoms with van der Waals surface area (Å²) in [6, 6.07) is 53.3. The Labute approximate surface area is 247 Å². The van der Waals surface area contributed by atoms with E-state index in [2.05, 4.69) is 176 Å². The van der Waals surface area contributed by atoms with Gasteiger partial charge in [0.05, 0.1) is 0 Å². The molecule has 1 aliphatic rings. The summed E-state index contributed by atoms with van der Waals surface area (Å²) >= 11 is 0. The molecule has 202 valence electrons. The molecule has 5 aromatic carbocycles. The Balaban J connectivity index is 1.27. The van der Waals surface area contributed by atoms with Crippen molar-refractivity contribution >= 4 is 42.4 Å². The molecule has 1 aliphatic carbocycles. The van der Waals surface area contributed by atoms with Gasteiger partial charge in [-0.1, -0.05) is 164 Å². The van der Waals surface area contributed by atoms with Gasteiger partial charge in [-0.3, -0.25) is 0 Å². The minimum Gasteiger partial charge on any atom is -0.309 e. The van der Waals surface area contributed by atoms with Crippen molar-refractivity contribution < 1.29 is 0 Å². The zero-order valence-electron chi connectivity index (χ0n) is 23.3. The second-order valence-corrected chi connectivity index (χ2v) is 14.7. The number of benzene rings is 5. The monoisotopic (exact) mass is 567 g/mol. The van der Waals surface area contributed by atoms with Crippen molar-refractivity contribution in [1.29, 1.82) is 0 Å². The number of rotatable bonds is 10. The zero-order valence-corrected chi connectivity index (χ0v) is 25.1. The first-order valence-corrected chi connectivity index (χ1v) is 17.0. The third-order valence-electron chi connectivity index (χ3n) is 7.63. The smallest absolute Gasteiger partial charge is 0.0214 e. The summed E-state index contributed by atoms with van der Waals surface area (Å²) in [6.07, 6.45) is 7.02. The number of hydrogen-bond acceptors (Lipinski definition) is 1. The van der Waals surface area contributed by atoms with Crippen LogP contribution in [0.5, 0.6) is 0 Å². The first-order chi connectivity index (χ1) is 20.3. The normalized spacial score (nSPS) is 15.3. The van der Waals surface area contributed by atoms with E-state index in [4.69, 9.17) is 0 Å². The van der Waals surface area contributed by atoms with Crippen LogP contribution in [0.1, 0.15) is 12.5 Å². The Morgan fingerprint density at radius 3 is 1.51 bits per heavy atom. The molecule has 41 heavy (non-hydrogen) atoms. The molecule has 0 amide bonds. The van der Waals surface area contributed by atoms with E-state index in [1.54, 1.807) is 0 Å². The van der Waals surface area contributed by atoms with E-state index in [1.807, 2.05) is 0 Å². The maximum atomic E-state index is 3.96. The standard InChI is InChI=1S/C38H35NP2/c1-30(36-26-16-28-38(36)41(34-22-10-4-11-23-34)35-24-12-5-13-25-35)39-29-31-17-14-15-27-37(31)40(32-18-6-2-7-19-32)33-20-8-3-9-21-33/h2-28,30,36,39H,29H2,1H3/t30-,36+/m1/s1. The van der Waals surface area contributed by atoms with Crippen molar-refractivity contribution in [2.75, 3.05) is 0 Å². The van der Waals surface area contributed by atoms with Gasteiger partial charge < -0.3 is 5.32 Å². The molecule has 1 N–H and O–H groups in total. The summed E-state index contributed by atoms with van der Waals surface area (Å²) in [5.74, 6) is 0.346. The fraction of sp³-hybridized carbons (Fsp3) is 0.105. The molecule has 2 atom stereocenters. The van der Waals surface area contributed by atoms with Crippen LogP contribution >= 0.6 is 15.8 Å². The van der Waals surface area contributed by atoms with Gasteiger partial charge in [0.15, 0.2) is 0 Å². The molecule has 0 aliphatic heterocycles. The van der Waals surface area contributed by atoms with E-state index in [0.29, 0.717) is 12.0 Å². The van der Waals surface area contributed by atoms with Gasteiger partial charge in [0, 0.05) is 18.5 Å². The fourth-order valence-electron chi connectivity index (χ4n) is 5.59. The molecular weight excluding hydrogens is 532 g/mol. The second-order valence-electron chi connectivity index (χ2n) is 10.3. The summed E-state index contributed by atoms with van der Waals surface area (Å²) in [4.78, 5) is 0. The van der Waals surface area contributed by atoms with Gasteiger partial charge in [-0.15, -0.1) is 0 Å². The highest BCUT2D eigenvalue weighted by Gasteiger charge is 2.29. The van der Waals surface area contributed by atoms with Crippen LogP contribution in [0.25, 0.3) is 0 Å². The lowest BCUT2D eigenvalue weighted by atomic mass is 10.0. The molecule has 0 unspecified atom stereocenters. The third-order valence-corrected chi connectivity index (χ3v) is 12.8. The van der Waals surface area contributed by atoms with Crippen LogP contribution in [-0.2, 0) is 6.54 Å². The van der Waals surface area contributed by atoms with Gasteiger partial charge in [-0.2, -0.15) is 0 Å². The van der Waals surface area contributed by atoms with Crippen molar-refractivity contribution in [3.63, 3.8) is 0 Å². The largest absolute Gasteiger partial charge is 0.309 e. The van der Waals surface area contributed by atoms with Crippen molar-refractivity contribution in [2.24, 2.45) is 5.92 Å². The highest BCUT2D eigenvalue weighted by molar-refractivity contribution is 7.80. The Hall–Kier alpha value is -3.60. The van der Waals surface area contributed by atoms with Crippen LogP contribution in [-0.4, -0.2) is 6.04 Å². The minimum absolute atomic E-state index is 0.296. The number of nitrogens with one attached hydrogen (secondary N) is 1. The fourth-order valence-corrected chi connectivity index (χ4v) is 10.7. The van der Waals surface area contributed by atoms with Gasteiger partial charge in [-0.05, 0) is 60.2 Å². The first-order valence-electron chi connectivity index (χ1n) is 14.3. The van der Waals surface area contributed by atoms with Crippen LogP contribution in [0, 0.1) is 5.92 Å². The summed E-state index contributed by atoms with van der Waals surface area (Å²) in [6.45, 7) is 3.18. The molecule has 0 heterocycles. The van der Waals surface area contributed by atoms with E-state index < -0.39 is 15.8 Å². The molecule has 0 aromatic heterocycles. The van der Waals surface area contributed by atoms with Crippen LogP contribution in [0.2, 0.25) is 0 Å². The lowest BCUT2D eigenvalue weighted by Crippen LogP contribution is -2.35. The van der Waals surface area contributed by atoms with Gasteiger partial charge in [-0.25, -0.2) is 0 Å². The predicted octanol–water partition coefficient (Wildman–Crippen LogP) is 7.13. The van der Waals surface area contributed by atoms with E-state index in [-0.39, 0.29) is 0 Å². The van der Waals surface area contributed by atoms with Gasteiger partial charge in [0.25, 0.3) is 0 Å². The molecule has 3 heteroatoms. The summed E-state index contributed by atoms with van der Waals surface area (Å²) in [7, 11) is -1.25. The molecule has 0 spiro atoms. The molecule has 1 nitrogen and oxygen atoms in total. The average Bonchev–Trinajstić information content (AvgIpc) is 3.52. The highest BCUT2D eigenvalue weighted by atomic mass is 31.1. The highest BCUT2D eigenvalue weighted by Crippen LogP contribution is 2.49. The average molecular weight is 568 g/mol. The Kier molecular flexibility index (Phi) is 8.99. The zero-order chi connectivity index (χ0) is 27.9. The van der Waals surface area contributed by atoms with Gasteiger partial charge in [0.2, 0.25) is 0 Å². The summed E-state index contributed by atoms with van der Waals surface area (Å²) < 4.78 is 0. The quantitative estimate of drug-likeness (QED) is 0.177. The predicted molar refractivity (Wildman–Crippen MR) is 181 cm³/mol. The lowest BCUT2D eigenvalue weighted by Gasteiger charge is -2.30. The summed E-state index contributed by atoms with van der Waals surface area (Å²) in [5.41, 5.74) is 1.37. The molecular formula is C38H35NP2. The van der Waals surface area contributed by atoms with Crippen LogP contribution < -0.4 is 31.8 Å². The SMILES string of the molecule is C[C@@H](NCc1ccccc1P(c1ccccc1)c1ccccc1)[C@@H]1C=CC=C1P(c1ccccc1)c1ccccc1. The third kappa shape index (κ3) is 6.34. The molecule has 0 radical (unpaired) electrons. The molecule has 0 saturated heterocycles. The minimum atomic E-state index is -0.650. The lowest BCUT2D eigenvalue weighted by molar-refractivity contribution is 0.488. The molecule has 0 bridgehead atoms. The number of hydrogen-bond donors (Lipinski definition) is 1. The molecule has 5 aromatic rings. The molecule has 0 fully saturated rings. The van der Waals surface area contributed by atoms with Crippen molar-refractivity contribution in [3.8, 4) is 0 Å². The number of allylic oxidation sites excluding steroid dienone is 2. The van der Waals surface area contributed by atoms with Crippen LogP contribution in [0.4, 0.5) is 0 Å². The maximum Gasteiger partial charge on any atom is 0.0214 e. The second kappa shape index (κ2) is 13.4. The van der Waals surface area contributed by atoms with E-state index in [9.17, 15) is 0 Å². The Morgan fingerprint density at radius 2 is 1.00 bits per heavy atom. The first kappa shape index (κ1) is 27.6. The van der Waals surface area contributed by atoms with Gasteiger partial charge in [0.1, 0.15) is 0 Å². The van der Waals surface area contributed by atoms with E-state index >= 15 is 0 Å². The van der Waals surface area contributed by atoms with Gasteiger partial charge >= 0.3 is 0 Å². The van der Waals surface area contributed by atoms with Crippen LogP contribution in [0.3, 0.4) is 0 Å². The summed E-state index contributed by atoms with van der Waals surface area (Å²) in [5, 5.41) is 12.5. The van der Waals surface area contributed by atoms with Crippen molar-refractivity contribution in [1.82, 2.24) is 5.32 Å². The van der Waals surface area contributed by atoms with Crippen molar-refractivity contribution in [2.45, 2.75) is 19.5 Å². The topological polar surface area (TPSA) is 12.0 Å². The van der Waals surface area contributed by atoms with E-state index in [1.165, 1.54) is 37.4 Å². The molecule has 0 saturated carbocycles. The molecule has 6 rings (SSSR count). The van der Waals surface area contributed by atoms with E-state index in [0.717, 1.165) is 6.54 Å².